The van der Waals surface area contributed by atoms with Crippen LogP contribution in [0.15, 0.2) is 52.5 Å². The lowest BCUT2D eigenvalue weighted by atomic mass is 10.2. The van der Waals surface area contributed by atoms with Gasteiger partial charge in [-0.25, -0.2) is 4.68 Å². The maximum atomic E-state index is 12.6. The Morgan fingerprint density at radius 1 is 1.20 bits per heavy atom. The number of ether oxygens (including phenoxy) is 1. The van der Waals surface area contributed by atoms with Crippen LogP contribution in [0.1, 0.15) is 43.7 Å². The molecular weight excluding hydrogens is 318 g/mol. The summed E-state index contributed by atoms with van der Waals surface area (Å²) in [6.07, 6.45) is 1.47. The molecule has 6 heteroatoms. The molecule has 0 saturated carbocycles. The van der Waals surface area contributed by atoms with Gasteiger partial charge in [-0.15, -0.1) is 0 Å². The molecule has 1 aromatic carbocycles. The Morgan fingerprint density at radius 2 is 1.88 bits per heavy atom. The van der Waals surface area contributed by atoms with Crippen LogP contribution in [0, 0.1) is 0 Å². The molecule has 0 atom stereocenters. The van der Waals surface area contributed by atoms with Gasteiger partial charge in [0.2, 0.25) is 5.43 Å². The Morgan fingerprint density at radius 3 is 2.48 bits per heavy atom. The van der Waals surface area contributed by atoms with E-state index in [0.29, 0.717) is 0 Å². The zero-order valence-electron chi connectivity index (χ0n) is 14.9. The van der Waals surface area contributed by atoms with Gasteiger partial charge in [-0.1, -0.05) is 30.3 Å². The lowest BCUT2D eigenvalue weighted by Gasteiger charge is -2.16. The molecule has 2 aromatic rings. The SMILES string of the molecule is CC(C)=Nn1ccc(=O)c(OCc2ccccc2)c1C(=O)NC(C)C. The summed E-state index contributed by atoms with van der Waals surface area (Å²) >= 11 is 0. The van der Waals surface area contributed by atoms with Crippen LogP contribution in [0.4, 0.5) is 0 Å². The summed E-state index contributed by atoms with van der Waals surface area (Å²) in [5.74, 6) is -0.407. The molecule has 1 heterocycles. The third-order valence-corrected chi connectivity index (χ3v) is 3.20. The van der Waals surface area contributed by atoms with E-state index in [1.807, 2.05) is 58.0 Å². The van der Waals surface area contributed by atoms with Gasteiger partial charge in [-0.3, -0.25) is 9.59 Å². The normalized spacial score (nSPS) is 10.4. The minimum absolute atomic E-state index is 0.00509. The number of carbonyl (C=O) groups excluding carboxylic acids is 1. The second-order valence-electron chi connectivity index (χ2n) is 6.15. The first-order valence-electron chi connectivity index (χ1n) is 8.14. The van der Waals surface area contributed by atoms with Crippen molar-refractivity contribution in [3.8, 4) is 5.75 Å². The largest absolute Gasteiger partial charge is 0.482 e. The Balaban J connectivity index is 2.46. The van der Waals surface area contributed by atoms with Crippen LogP contribution in [0.3, 0.4) is 0 Å². The summed E-state index contributed by atoms with van der Waals surface area (Å²) in [7, 11) is 0. The highest BCUT2D eigenvalue weighted by Gasteiger charge is 2.21. The molecule has 0 aliphatic carbocycles. The zero-order chi connectivity index (χ0) is 18.4. The smallest absolute Gasteiger partial charge is 0.274 e. The average Bonchev–Trinajstić information content (AvgIpc) is 2.54. The minimum atomic E-state index is -0.402. The number of hydrogen-bond donors (Lipinski definition) is 1. The number of carbonyl (C=O) groups is 1. The molecule has 25 heavy (non-hydrogen) atoms. The molecule has 1 amide bonds. The topological polar surface area (TPSA) is 72.7 Å². The summed E-state index contributed by atoms with van der Waals surface area (Å²) in [6.45, 7) is 7.51. The van der Waals surface area contributed by atoms with Crippen LogP contribution in [-0.2, 0) is 6.61 Å². The molecule has 0 saturated heterocycles. The van der Waals surface area contributed by atoms with Crippen molar-refractivity contribution in [3.05, 3.63) is 64.1 Å². The van der Waals surface area contributed by atoms with Crippen molar-refractivity contribution in [2.45, 2.75) is 40.3 Å². The van der Waals surface area contributed by atoms with E-state index in [-0.39, 0.29) is 29.5 Å². The Labute approximate surface area is 147 Å². The molecule has 6 nitrogen and oxygen atoms in total. The number of nitrogens with one attached hydrogen (secondary N) is 1. The van der Waals surface area contributed by atoms with Crippen LogP contribution in [-0.4, -0.2) is 22.3 Å². The number of rotatable bonds is 6. The van der Waals surface area contributed by atoms with Crippen molar-refractivity contribution in [1.29, 1.82) is 0 Å². The van der Waals surface area contributed by atoms with Gasteiger partial charge < -0.3 is 10.1 Å². The first-order chi connectivity index (χ1) is 11.9. The molecule has 1 N–H and O–H groups in total. The molecule has 0 radical (unpaired) electrons. The zero-order valence-corrected chi connectivity index (χ0v) is 14.9. The molecule has 0 fully saturated rings. The standard InChI is InChI=1S/C19H23N3O3/c1-13(2)20-19(24)17-18(25-12-15-8-6-5-7-9-15)16(23)10-11-22(17)21-14(3)4/h5-11,13H,12H2,1-4H3,(H,20,24). The highest BCUT2D eigenvalue weighted by molar-refractivity contribution is 5.95. The van der Waals surface area contributed by atoms with Crippen LogP contribution in [0.2, 0.25) is 0 Å². The summed E-state index contributed by atoms with van der Waals surface area (Å²) in [6, 6.07) is 10.7. The van der Waals surface area contributed by atoms with Gasteiger partial charge in [0.1, 0.15) is 6.61 Å². The van der Waals surface area contributed by atoms with Crippen LogP contribution in [0.25, 0.3) is 0 Å². The van der Waals surface area contributed by atoms with Gasteiger partial charge in [-0.05, 0) is 33.3 Å². The Bertz CT molecular complexity index is 820. The van der Waals surface area contributed by atoms with Gasteiger partial charge >= 0.3 is 0 Å². The second-order valence-corrected chi connectivity index (χ2v) is 6.15. The van der Waals surface area contributed by atoms with Crippen molar-refractivity contribution in [1.82, 2.24) is 9.99 Å². The first kappa shape index (κ1) is 18.4. The molecular formula is C19H23N3O3. The maximum Gasteiger partial charge on any atom is 0.274 e. The van der Waals surface area contributed by atoms with Crippen LogP contribution < -0.4 is 15.5 Å². The van der Waals surface area contributed by atoms with E-state index in [9.17, 15) is 9.59 Å². The predicted octanol–water partition coefficient (Wildman–Crippen LogP) is 2.81. The van der Waals surface area contributed by atoms with Crippen molar-refractivity contribution in [3.63, 3.8) is 0 Å². The van der Waals surface area contributed by atoms with Crippen LogP contribution >= 0.6 is 0 Å². The molecule has 1 aromatic heterocycles. The molecule has 132 valence electrons. The number of benzene rings is 1. The molecule has 2 rings (SSSR count). The van der Waals surface area contributed by atoms with Crippen molar-refractivity contribution < 1.29 is 9.53 Å². The van der Waals surface area contributed by atoms with Gasteiger partial charge in [0.25, 0.3) is 5.91 Å². The summed E-state index contributed by atoms with van der Waals surface area (Å²) in [4.78, 5) is 24.9. The number of hydrogen-bond acceptors (Lipinski definition) is 4. The molecule has 0 bridgehead atoms. The van der Waals surface area contributed by atoms with Crippen LogP contribution in [0.5, 0.6) is 5.75 Å². The maximum absolute atomic E-state index is 12.6. The predicted molar refractivity (Wildman–Crippen MR) is 98.3 cm³/mol. The van der Waals surface area contributed by atoms with E-state index in [1.165, 1.54) is 16.9 Å². The Hall–Kier alpha value is -2.89. The number of amides is 1. The van der Waals surface area contributed by atoms with E-state index in [4.69, 9.17) is 4.74 Å². The first-order valence-corrected chi connectivity index (χ1v) is 8.14. The molecule has 0 aliphatic rings. The van der Waals surface area contributed by atoms with E-state index in [1.54, 1.807) is 0 Å². The summed E-state index contributed by atoms with van der Waals surface area (Å²) in [5.41, 5.74) is 1.39. The van der Waals surface area contributed by atoms with Crippen molar-refractivity contribution in [2.75, 3.05) is 0 Å². The second kappa shape index (κ2) is 8.28. The van der Waals surface area contributed by atoms with Gasteiger partial charge in [0.15, 0.2) is 11.4 Å². The average molecular weight is 341 g/mol. The van der Waals surface area contributed by atoms with E-state index < -0.39 is 5.91 Å². The fourth-order valence-electron chi connectivity index (χ4n) is 2.21. The third-order valence-electron chi connectivity index (χ3n) is 3.20. The molecule has 0 spiro atoms. The third kappa shape index (κ3) is 5.04. The lowest BCUT2D eigenvalue weighted by molar-refractivity contribution is 0.0928. The monoisotopic (exact) mass is 341 g/mol. The molecule has 0 unspecified atom stereocenters. The summed E-state index contributed by atoms with van der Waals surface area (Å²) < 4.78 is 7.10. The van der Waals surface area contributed by atoms with Gasteiger partial charge in [0.05, 0.1) is 0 Å². The molecule has 0 aliphatic heterocycles. The number of aromatic nitrogens is 1. The summed E-state index contributed by atoms with van der Waals surface area (Å²) in [5, 5.41) is 7.09. The van der Waals surface area contributed by atoms with E-state index >= 15 is 0 Å². The van der Waals surface area contributed by atoms with Crippen molar-refractivity contribution in [2.24, 2.45) is 5.10 Å². The fourth-order valence-corrected chi connectivity index (χ4v) is 2.21. The van der Waals surface area contributed by atoms with E-state index in [2.05, 4.69) is 10.4 Å². The highest BCUT2D eigenvalue weighted by atomic mass is 16.5. The fraction of sp³-hybridized carbons (Fsp3) is 0.316. The Kier molecular flexibility index (Phi) is 6.11. The van der Waals surface area contributed by atoms with Gasteiger partial charge in [-0.2, -0.15) is 5.10 Å². The lowest BCUT2D eigenvalue weighted by Crippen LogP contribution is -2.33. The van der Waals surface area contributed by atoms with E-state index in [0.717, 1.165) is 11.3 Å². The minimum Gasteiger partial charge on any atom is -0.482 e. The number of pyridine rings is 1. The van der Waals surface area contributed by atoms with Crippen molar-refractivity contribution >= 4 is 11.6 Å². The van der Waals surface area contributed by atoms with Gasteiger partial charge in [0, 0.05) is 24.0 Å². The number of nitrogens with zero attached hydrogens (tertiary/aromatic N) is 2. The quantitative estimate of drug-likeness (QED) is 0.821. The highest BCUT2D eigenvalue weighted by Crippen LogP contribution is 2.16.